The molecule has 5 nitrogen and oxygen atoms in total. The molecule has 0 aliphatic heterocycles. The Balaban J connectivity index is 3.26. The second-order valence-electron chi connectivity index (χ2n) is 2.80. The molecule has 0 bridgehead atoms. The molecular weight excluding hydrogens is 188 g/mol. The summed E-state index contributed by atoms with van der Waals surface area (Å²) in [7, 11) is 0. The summed E-state index contributed by atoms with van der Waals surface area (Å²) in [6, 6.07) is 2.12. The molecule has 0 spiro atoms. The Morgan fingerprint density at radius 2 is 1.79 bits per heavy atom. The van der Waals surface area contributed by atoms with Gasteiger partial charge in [-0.3, -0.25) is 4.79 Å². The van der Waals surface area contributed by atoms with Crippen LogP contribution in [0.3, 0.4) is 0 Å². The van der Waals surface area contributed by atoms with E-state index in [4.69, 9.17) is 15.3 Å². The van der Waals surface area contributed by atoms with E-state index in [-0.39, 0.29) is 16.9 Å². The first-order chi connectivity index (χ1) is 6.43. The first-order valence-electron chi connectivity index (χ1n) is 3.73. The molecule has 1 aromatic carbocycles. The van der Waals surface area contributed by atoms with Gasteiger partial charge in [0.25, 0.3) is 5.78 Å². The summed E-state index contributed by atoms with van der Waals surface area (Å²) in [5.74, 6) is -3.58. The topological polar surface area (TPSA) is 94.8 Å². The molecule has 5 heteroatoms. The number of carbonyl (C=O) groups excluding carboxylic acids is 1. The summed E-state index contributed by atoms with van der Waals surface area (Å²) in [6.45, 7) is 1.45. The number of hydrogen-bond donors (Lipinski definition) is 3. The van der Waals surface area contributed by atoms with Crippen molar-refractivity contribution in [1.82, 2.24) is 0 Å². The minimum absolute atomic E-state index is 0.162. The van der Waals surface area contributed by atoms with Crippen molar-refractivity contribution in [3.8, 4) is 11.5 Å². The minimum Gasteiger partial charge on any atom is -0.504 e. The summed E-state index contributed by atoms with van der Waals surface area (Å²) in [5.41, 5.74) is 0.0832. The van der Waals surface area contributed by atoms with Crippen molar-refractivity contribution >= 4 is 11.8 Å². The molecule has 0 aliphatic rings. The van der Waals surface area contributed by atoms with Gasteiger partial charge in [0.1, 0.15) is 0 Å². The van der Waals surface area contributed by atoms with Crippen molar-refractivity contribution < 1.29 is 24.9 Å². The highest BCUT2D eigenvalue weighted by molar-refractivity contribution is 6.39. The van der Waals surface area contributed by atoms with E-state index in [1.165, 1.54) is 13.0 Å². The number of phenolic OH excluding ortho intramolecular Hbond substituents is 2. The van der Waals surface area contributed by atoms with E-state index in [0.29, 0.717) is 0 Å². The van der Waals surface area contributed by atoms with Crippen molar-refractivity contribution in [3.63, 3.8) is 0 Å². The zero-order chi connectivity index (χ0) is 10.9. The maximum absolute atomic E-state index is 11.0. The first kappa shape index (κ1) is 10.0. The second kappa shape index (κ2) is 3.37. The SMILES string of the molecule is Cc1cc(C(=O)C(=O)O)cc(O)c1O. The molecule has 1 rings (SSSR count). The van der Waals surface area contributed by atoms with Gasteiger partial charge in [0.2, 0.25) is 0 Å². The Morgan fingerprint density at radius 1 is 1.21 bits per heavy atom. The quantitative estimate of drug-likeness (QED) is 0.367. The third-order valence-electron chi connectivity index (χ3n) is 1.74. The lowest BCUT2D eigenvalue weighted by Crippen LogP contribution is -2.12. The van der Waals surface area contributed by atoms with Gasteiger partial charge in [-0.05, 0) is 24.6 Å². The van der Waals surface area contributed by atoms with Crippen LogP contribution in [0.2, 0.25) is 0 Å². The summed E-state index contributed by atoms with van der Waals surface area (Å²) >= 11 is 0. The van der Waals surface area contributed by atoms with Gasteiger partial charge in [0.05, 0.1) is 0 Å². The van der Waals surface area contributed by atoms with Crippen molar-refractivity contribution in [2.45, 2.75) is 6.92 Å². The zero-order valence-electron chi connectivity index (χ0n) is 7.31. The predicted molar refractivity (Wildman–Crippen MR) is 46.5 cm³/mol. The van der Waals surface area contributed by atoms with Crippen LogP contribution in [0.25, 0.3) is 0 Å². The zero-order valence-corrected chi connectivity index (χ0v) is 7.31. The van der Waals surface area contributed by atoms with Crippen LogP contribution < -0.4 is 0 Å². The lowest BCUT2D eigenvalue weighted by atomic mass is 10.1. The Labute approximate surface area is 79.2 Å². The van der Waals surface area contributed by atoms with Crippen LogP contribution in [-0.4, -0.2) is 27.1 Å². The first-order valence-corrected chi connectivity index (χ1v) is 3.73. The van der Waals surface area contributed by atoms with Crippen LogP contribution in [-0.2, 0) is 4.79 Å². The number of aromatic hydroxyl groups is 2. The Morgan fingerprint density at radius 3 is 2.21 bits per heavy atom. The molecule has 0 fully saturated rings. The summed E-state index contributed by atoms with van der Waals surface area (Å²) < 4.78 is 0. The van der Waals surface area contributed by atoms with E-state index < -0.39 is 17.5 Å². The van der Waals surface area contributed by atoms with Gasteiger partial charge in [0, 0.05) is 5.56 Å². The molecular formula is C9H8O5. The van der Waals surface area contributed by atoms with Crippen molar-refractivity contribution in [1.29, 1.82) is 0 Å². The second-order valence-corrected chi connectivity index (χ2v) is 2.80. The van der Waals surface area contributed by atoms with Gasteiger partial charge in [-0.2, -0.15) is 0 Å². The number of aliphatic carboxylic acids is 1. The van der Waals surface area contributed by atoms with Crippen LogP contribution in [0.4, 0.5) is 0 Å². The average Bonchev–Trinajstić information content (AvgIpc) is 2.12. The maximum atomic E-state index is 11.0. The van der Waals surface area contributed by atoms with E-state index in [1.807, 2.05) is 0 Å². The number of carbonyl (C=O) groups is 2. The molecule has 0 unspecified atom stereocenters. The summed E-state index contributed by atoms with van der Waals surface area (Å²) in [6.07, 6.45) is 0. The highest BCUT2D eigenvalue weighted by Crippen LogP contribution is 2.29. The number of ketones is 1. The number of hydrogen-bond acceptors (Lipinski definition) is 4. The van der Waals surface area contributed by atoms with E-state index in [9.17, 15) is 9.59 Å². The molecule has 0 amide bonds. The average molecular weight is 196 g/mol. The van der Waals surface area contributed by atoms with Crippen molar-refractivity contribution in [2.24, 2.45) is 0 Å². The molecule has 0 aliphatic carbocycles. The highest BCUT2D eigenvalue weighted by atomic mass is 16.4. The van der Waals surface area contributed by atoms with Crippen molar-refractivity contribution in [3.05, 3.63) is 23.3 Å². The lowest BCUT2D eigenvalue weighted by Gasteiger charge is -2.03. The van der Waals surface area contributed by atoms with Gasteiger partial charge in [-0.1, -0.05) is 0 Å². The third kappa shape index (κ3) is 1.66. The molecule has 14 heavy (non-hydrogen) atoms. The summed E-state index contributed by atoms with van der Waals surface area (Å²) in [5, 5.41) is 26.7. The largest absolute Gasteiger partial charge is 0.504 e. The normalized spacial score (nSPS) is 9.79. The van der Waals surface area contributed by atoms with E-state index in [0.717, 1.165) is 6.07 Å². The Kier molecular flexibility index (Phi) is 2.42. The molecule has 0 saturated heterocycles. The van der Waals surface area contributed by atoms with E-state index in [1.54, 1.807) is 0 Å². The van der Waals surface area contributed by atoms with Gasteiger partial charge < -0.3 is 15.3 Å². The van der Waals surface area contributed by atoms with Gasteiger partial charge in [-0.15, -0.1) is 0 Å². The molecule has 0 atom stereocenters. The molecule has 0 saturated carbocycles. The smallest absolute Gasteiger partial charge is 0.377 e. The number of carboxylic acid groups (broad SMARTS) is 1. The molecule has 0 heterocycles. The van der Waals surface area contributed by atoms with E-state index in [2.05, 4.69) is 0 Å². The molecule has 74 valence electrons. The number of Topliss-reactive ketones (excluding diaryl/α,β-unsaturated/α-hetero) is 1. The summed E-state index contributed by atoms with van der Waals surface area (Å²) in [4.78, 5) is 21.3. The number of rotatable bonds is 2. The van der Waals surface area contributed by atoms with Crippen molar-refractivity contribution in [2.75, 3.05) is 0 Å². The van der Waals surface area contributed by atoms with Gasteiger partial charge in [-0.25, -0.2) is 4.79 Å². The highest BCUT2D eigenvalue weighted by Gasteiger charge is 2.17. The lowest BCUT2D eigenvalue weighted by molar-refractivity contribution is -0.131. The predicted octanol–water partition coefficient (Wildman–Crippen LogP) is 0.674. The Hall–Kier alpha value is -2.04. The molecule has 1 aromatic rings. The fourth-order valence-corrected chi connectivity index (χ4v) is 1.02. The maximum Gasteiger partial charge on any atom is 0.377 e. The van der Waals surface area contributed by atoms with Gasteiger partial charge >= 0.3 is 5.97 Å². The van der Waals surface area contributed by atoms with Gasteiger partial charge in [0.15, 0.2) is 11.5 Å². The molecule has 0 aromatic heterocycles. The van der Waals surface area contributed by atoms with Crippen LogP contribution in [0.1, 0.15) is 15.9 Å². The third-order valence-corrected chi connectivity index (χ3v) is 1.74. The van der Waals surface area contributed by atoms with Crippen LogP contribution in [0, 0.1) is 6.92 Å². The fourth-order valence-electron chi connectivity index (χ4n) is 1.02. The number of phenols is 2. The molecule has 3 N–H and O–H groups in total. The van der Waals surface area contributed by atoms with Crippen LogP contribution >= 0.6 is 0 Å². The number of aryl methyl sites for hydroxylation is 1. The number of carboxylic acids is 1. The monoisotopic (exact) mass is 196 g/mol. The fraction of sp³-hybridized carbons (Fsp3) is 0.111. The van der Waals surface area contributed by atoms with Crippen LogP contribution in [0.15, 0.2) is 12.1 Å². The van der Waals surface area contributed by atoms with Crippen LogP contribution in [0.5, 0.6) is 11.5 Å². The standard InChI is InChI=1S/C9H8O5/c1-4-2-5(8(12)9(13)14)3-6(10)7(4)11/h2-3,10-11H,1H3,(H,13,14). The number of benzene rings is 1. The Bertz CT molecular complexity index is 385. The molecule has 0 radical (unpaired) electrons. The minimum atomic E-state index is -1.60. The van der Waals surface area contributed by atoms with E-state index >= 15 is 0 Å².